The largest absolute Gasteiger partial charge is 0.364 e. The van der Waals surface area contributed by atoms with Gasteiger partial charge in [-0.25, -0.2) is 0 Å². The van der Waals surface area contributed by atoms with Gasteiger partial charge < -0.3 is 12.8 Å². The number of halogens is 1. The molecular weight excluding hydrogens is 254 g/mol. The van der Waals surface area contributed by atoms with E-state index < -0.39 is 0 Å². The highest BCUT2D eigenvalue weighted by Gasteiger charge is 2.11. The van der Waals surface area contributed by atoms with Gasteiger partial charge in [0.25, 0.3) is 0 Å². The quantitative estimate of drug-likeness (QED) is 0.620. The van der Waals surface area contributed by atoms with Gasteiger partial charge >= 0.3 is 0 Å². The predicted molar refractivity (Wildman–Crippen MR) is 71.4 cm³/mol. The summed E-state index contributed by atoms with van der Waals surface area (Å²) in [4.78, 5) is 11.3. The second-order valence-corrected chi connectivity index (χ2v) is 4.46. The van der Waals surface area contributed by atoms with Crippen molar-refractivity contribution in [3.63, 3.8) is 0 Å². The zero-order chi connectivity index (χ0) is 12.3. The minimum atomic E-state index is 0.453. The molecule has 0 radical (unpaired) electrons. The summed E-state index contributed by atoms with van der Waals surface area (Å²) in [7, 11) is 0. The van der Waals surface area contributed by atoms with E-state index in [4.69, 9.17) is 11.6 Å². The molecule has 0 unspecified atom stereocenters. The number of nitrogens with zero attached hydrogens (tertiary/aromatic N) is 1. The van der Waals surface area contributed by atoms with Crippen LogP contribution in [-0.2, 0) is 19.2 Å². The number of hydrogen-bond donors (Lipinski definition) is 0. The average molecular weight is 264 g/mol. The number of rotatable bonds is 3. The lowest BCUT2D eigenvalue weighted by Gasteiger charge is -2.05. The number of benzene rings is 2. The summed E-state index contributed by atoms with van der Waals surface area (Å²) in [5.41, 5.74) is 2.44. The van der Waals surface area contributed by atoms with Crippen molar-refractivity contribution in [2.45, 2.75) is 6.42 Å². The average Bonchev–Trinajstić information content (AvgIpc) is 2.30. The molecule has 0 saturated carbocycles. The first-order chi connectivity index (χ1) is 8.16. The molecule has 0 spiro atoms. The Bertz CT molecular complexity index is 542. The summed E-state index contributed by atoms with van der Waals surface area (Å²) in [6.07, 6.45) is 0.645. The first kappa shape index (κ1) is 12.0. The molecule has 4 heteroatoms. The van der Waals surface area contributed by atoms with Gasteiger partial charge in [0.1, 0.15) is 0 Å². The maximum atomic E-state index is 11.3. The Morgan fingerprint density at radius 3 is 2.47 bits per heavy atom. The third-order valence-corrected chi connectivity index (χ3v) is 2.91. The topological polar surface area (TPSA) is 20.1 Å². The second-order valence-electron chi connectivity index (χ2n) is 3.69. The molecule has 0 heterocycles. The van der Waals surface area contributed by atoms with Crippen molar-refractivity contribution in [3.05, 3.63) is 69.6 Å². The van der Waals surface area contributed by atoms with Crippen LogP contribution in [0.25, 0.3) is 0 Å². The van der Waals surface area contributed by atoms with E-state index in [9.17, 15) is 4.91 Å². The van der Waals surface area contributed by atoms with E-state index in [0.717, 1.165) is 11.1 Å². The number of hydrogen-bond acceptors (Lipinski definition) is 2. The molecule has 0 amide bonds. The Kier molecular flexibility index (Phi) is 3.71. The Balaban J connectivity index is 2.37. The van der Waals surface area contributed by atoms with Crippen LogP contribution in [0.3, 0.4) is 0 Å². The highest BCUT2D eigenvalue weighted by Crippen LogP contribution is 2.24. The summed E-state index contributed by atoms with van der Waals surface area (Å²) in [6.45, 7) is 0. The fourth-order valence-electron chi connectivity index (χ4n) is 1.69. The van der Waals surface area contributed by atoms with Crippen molar-refractivity contribution in [1.29, 1.82) is 0 Å². The third-order valence-electron chi connectivity index (χ3n) is 2.48. The Hall–Kier alpha value is -1.45. The fraction of sp³-hybridized carbons (Fsp3) is 0.0769. The maximum absolute atomic E-state index is 11.3. The summed E-state index contributed by atoms with van der Waals surface area (Å²) >= 11 is 10.6. The van der Waals surface area contributed by atoms with E-state index in [2.05, 4.69) is 12.8 Å². The van der Waals surface area contributed by atoms with Crippen LogP contribution in [-0.4, -0.2) is 4.17 Å². The van der Waals surface area contributed by atoms with Crippen LogP contribution < -0.4 is 0 Å². The van der Waals surface area contributed by atoms with Crippen LogP contribution >= 0.6 is 11.6 Å². The van der Waals surface area contributed by atoms with Crippen LogP contribution in [0, 0.1) is 4.91 Å². The van der Waals surface area contributed by atoms with Gasteiger partial charge in [-0.1, -0.05) is 46.1 Å². The van der Waals surface area contributed by atoms with Crippen LogP contribution in [0.15, 0.2) is 48.5 Å². The van der Waals surface area contributed by atoms with E-state index in [1.165, 1.54) is 0 Å². The molecule has 0 aliphatic carbocycles. The van der Waals surface area contributed by atoms with E-state index >= 15 is 0 Å². The molecule has 17 heavy (non-hydrogen) atoms. The van der Waals surface area contributed by atoms with Gasteiger partial charge in [-0.3, -0.25) is 0 Å². The van der Waals surface area contributed by atoms with Crippen LogP contribution in [0.2, 0.25) is 5.02 Å². The minimum absolute atomic E-state index is 0.453. The first-order valence-electron chi connectivity index (χ1n) is 5.13. The van der Waals surface area contributed by atoms with Crippen molar-refractivity contribution in [2.24, 2.45) is 0 Å². The van der Waals surface area contributed by atoms with Gasteiger partial charge in [-0.2, -0.15) is 0 Å². The van der Waals surface area contributed by atoms with Gasteiger partial charge in [0.05, 0.1) is 0 Å². The van der Waals surface area contributed by atoms with Crippen molar-refractivity contribution in [3.8, 4) is 0 Å². The van der Waals surface area contributed by atoms with E-state index in [0.29, 0.717) is 21.3 Å². The van der Waals surface area contributed by atoms with Gasteiger partial charge in [0.15, 0.2) is 0 Å². The van der Waals surface area contributed by atoms with Crippen molar-refractivity contribution >= 4 is 30.1 Å². The molecule has 0 fully saturated rings. The zero-order valence-corrected chi connectivity index (χ0v) is 10.5. The van der Waals surface area contributed by atoms with Crippen LogP contribution in [0.1, 0.15) is 11.1 Å². The van der Waals surface area contributed by atoms with E-state index in [1.807, 2.05) is 30.3 Å². The van der Waals surface area contributed by atoms with Gasteiger partial charge in [-0.05, 0) is 17.7 Å². The van der Waals surface area contributed by atoms with Gasteiger partial charge in [0, 0.05) is 28.0 Å². The van der Waals surface area contributed by atoms with E-state index in [-0.39, 0.29) is 0 Å². The highest BCUT2D eigenvalue weighted by molar-refractivity contribution is 7.51. The SMILES string of the molecule is O=[N+]([S-])c1ccc(Cl)cc1Cc1ccccc1. The maximum Gasteiger partial charge on any atom is 0.241 e. The molecule has 2 nitrogen and oxygen atoms in total. The molecule has 0 aromatic heterocycles. The Labute approximate surface area is 110 Å². The zero-order valence-electron chi connectivity index (χ0n) is 8.97. The molecule has 0 saturated heterocycles. The van der Waals surface area contributed by atoms with Crippen molar-refractivity contribution in [2.75, 3.05) is 0 Å². The lowest BCUT2D eigenvalue weighted by Crippen LogP contribution is -1.96. The summed E-state index contributed by atoms with van der Waals surface area (Å²) in [6, 6.07) is 15.0. The summed E-state index contributed by atoms with van der Waals surface area (Å²) in [5.74, 6) is 0. The lowest BCUT2D eigenvalue weighted by molar-refractivity contribution is -0.263. The number of nitroso groups, excluding NO2 is 1. The predicted octanol–water partition coefficient (Wildman–Crippen LogP) is 3.80. The first-order valence-corrected chi connectivity index (χ1v) is 5.88. The molecule has 0 atom stereocenters. The standard InChI is InChI=1S/C13H10ClNOS/c14-12-6-7-13(15(16)17)11(9-12)8-10-4-2-1-3-5-10/h1-7,9H,8H2. The second kappa shape index (κ2) is 5.25. The summed E-state index contributed by atoms with van der Waals surface area (Å²) < 4.78 is 0.453. The highest BCUT2D eigenvalue weighted by atomic mass is 35.5. The van der Waals surface area contributed by atoms with Crippen molar-refractivity contribution in [1.82, 2.24) is 0 Å². The molecule has 86 valence electrons. The molecule has 0 aliphatic heterocycles. The van der Waals surface area contributed by atoms with Crippen LogP contribution in [0.5, 0.6) is 0 Å². The molecule has 2 rings (SSSR count). The lowest BCUT2D eigenvalue weighted by atomic mass is 10.0. The molecule has 0 N–H and O–H groups in total. The summed E-state index contributed by atoms with van der Waals surface area (Å²) in [5, 5.41) is 0.608. The van der Waals surface area contributed by atoms with Gasteiger partial charge in [0.2, 0.25) is 5.69 Å². The smallest absolute Gasteiger partial charge is 0.241 e. The molecule has 2 aromatic carbocycles. The van der Waals surface area contributed by atoms with E-state index in [1.54, 1.807) is 18.2 Å². The molecule has 2 aromatic rings. The third kappa shape index (κ3) is 3.02. The minimum Gasteiger partial charge on any atom is -0.364 e. The Morgan fingerprint density at radius 2 is 1.82 bits per heavy atom. The monoisotopic (exact) mass is 263 g/mol. The molecule has 0 bridgehead atoms. The molecular formula is C13H10ClNOS. The normalized spacial score (nSPS) is 10.2. The van der Waals surface area contributed by atoms with Crippen molar-refractivity contribution < 1.29 is 4.17 Å². The Morgan fingerprint density at radius 1 is 1.12 bits per heavy atom. The van der Waals surface area contributed by atoms with Gasteiger partial charge in [-0.15, -0.1) is 0 Å². The molecule has 0 aliphatic rings. The fourth-order valence-corrected chi connectivity index (χ4v) is 2.06. The van der Waals surface area contributed by atoms with Crippen LogP contribution in [0.4, 0.5) is 5.69 Å².